The van der Waals surface area contributed by atoms with E-state index < -0.39 is 0 Å². The standard InChI is InChI=1S/C15H20O3/c16-14-8-7-13-12(14)5-3-6-15(13)18-10-11-4-1-2-9-17-11/h3,5-6,11,14,16H,1-2,4,7-10H2. The van der Waals surface area contributed by atoms with Crippen LogP contribution in [0.1, 0.15) is 42.9 Å². The van der Waals surface area contributed by atoms with Crippen molar-refractivity contribution in [2.75, 3.05) is 13.2 Å². The first-order valence-corrected chi connectivity index (χ1v) is 6.89. The number of hydrogen-bond donors (Lipinski definition) is 1. The fourth-order valence-electron chi connectivity index (χ4n) is 2.86. The zero-order valence-corrected chi connectivity index (χ0v) is 10.6. The smallest absolute Gasteiger partial charge is 0.122 e. The lowest BCUT2D eigenvalue weighted by Gasteiger charge is -2.23. The SMILES string of the molecule is OC1CCc2c(OCC3CCCCO3)cccc21. The topological polar surface area (TPSA) is 38.7 Å². The van der Waals surface area contributed by atoms with E-state index in [0.717, 1.165) is 37.2 Å². The number of benzene rings is 1. The fraction of sp³-hybridized carbons (Fsp3) is 0.600. The summed E-state index contributed by atoms with van der Waals surface area (Å²) >= 11 is 0. The molecule has 0 amide bonds. The molecule has 0 aromatic heterocycles. The quantitative estimate of drug-likeness (QED) is 0.893. The predicted octanol–water partition coefficient (Wildman–Crippen LogP) is 2.61. The van der Waals surface area contributed by atoms with Crippen molar-refractivity contribution in [3.05, 3.63) is 29.3 Å². The highest BCUT2D eigenvalue weighted by atomic mass is 16.5. The van der Waals surface area contributed by atoms with Crippen LogP contribution in [0.2, 0.25) is 0 Å². The van der Waals surface area contributed by atoms with Gasteiger partial charge in [0.1, 0.15) is 12.4 Å². The third-order valence-electron chi connectivity index (χ3n) is 3.89. The van der Waals surface area contributed by atoms with Gasteiger partial charge in [-0.3, -0.25) is 0 Å². The molecule has 0 spiro atoms. The molecule has 1 aliphatic carbocycles. The van der Waals surface area contributed by atoms with Gasteiger partial charge in [0, 0.05) is 12.2 Å². The first-order chi connectivity index (χ1) is 8.84. The van der Waals surface area contributed by atoms with Gasteiger partial charge in [0.05, 0.1) is 12.2 Å². The van der Waals surface area contributed by atoms with Crippen molar-refractivity contribution in [1.82, 2.24) is 0 Å². The predicted molar refractivity (Wildman–Crippen MR) is 68.8 cm³/mol. The third kappa shape index (κ3) is 2.38. The molecule has 98 valence electrons. The molecule has 1 fully saturated rings. The van der Waals surface area contributed by atoms with Gasteiger partial charge in [0.15, 0.2) is 0 Å². The Kier molecular flexibility index (Phi) is 3.52. The van der Waals surface area contributed by atoms with Gasteiger partial charge in [-0.1, -0.05) is 12.1 Å². The number of ether oxygens (including phenoxy) is 2. The van der Waals surface area contributed by atoms with Crippen LogP contribution in [0.4, 0.5) is 0 Å². The van der Waals surface area contributed by atoms with Gasteiger partial charge in [-0.25, -0.2) is 0 Å². The molecular weight excluding hydrogens is 228 g/mol. The van der Waals surface area contributed by atoms with Crippen LogP contribution in [0.25, 0.3) is 0 Å². The Labute approximate surface area is 108 Å². The van der Waals surface area contributed by atoms with Crippen LogP contribution in [0.5, 0.6) is 5.75 Å². The molecule has 1 aliphatic heterocycles. The van der Waals surface area contributed by atoms with Gasteiger partial charge in [-0.15, -0.1) is 0 Å². The highest BCUT2D eigenvalue weighted by molar-refractivity contribution is 5.44. The second-order valence-corrected chi connectivity index (χ2v) is 5.18. The zero-order valence-electron chi connectivity index (χ0n) is 10.6. The minimum atomic E-state index is -0.311. The van der Waals surface area contributed by atoms with Crippen molar-refractivity contribution in [1.29, 1.82) is 0 Å². The minimum Gasteiger partial charge on any atom is -0.491 e. The summed E-state index contributed by atoms with van der Waals surface area (Å²) in [6, 6.07) is 5.96. The van der Waals surface area contributed by atoms with Gasteiger partial charge in [0.2, 0.25) is 0 Å². The molecule has 3 rings (SSSR count). The lowest BCUT2D eigenvalue weighted by Crippen LogP contribution is -2.26. The van der Waals surface area contributed by atoms with Gasteiger partial charge >= 0.3 is 0 Å². The van der Waals surface area contributed by atoms with Crippen LogP contribution in [0.15, 0.2) is 18.2 Å². The number of rotatable bonds is 3. The van der Waals surface area contributed by atoms with Crippen molar-refractivity contribution >= 4 is 0 Å². The van der Waals surface area contributed by atoms with Gasteiger partial charge in [-0.2, -0.15) is 0 Å². The summed E-state index contributed by atoms with van der Waals surface area (Å²) in [6.45, 7) is 1.49. The van der Waals surface area contributed by atoms with Crippen molar-refractivity contribution < 1.29 is 14.6 Å². The van der Waals surface area contributed by atoms with Crippen LogP contribution < -0.4 is 4.74 Å². The van der Waals surface area contributed by atoms with E-state index in [2.05, 4.69) is 0 Å². The van der Waals surface area contributed by atoms with Crippen molar-refractivity contribution in [2.24, 2.45) is 0 Å². The van der Waals surface area contributed by atoms with Gasteiger partial charge < -0.3 is 14.6 Å². The molecule has 1 aromatic carbocycles. The Morgan fingerprint density at radius 2 is 2.22 bits per heavy atom. The molecule has 1 N–H and O–H groups in total. The lowest BCUT2D eigenvalue weighted by molar-refractivity contribution is -0.0112. The minimum absolute atomic E-state index is 0.237. The van der Waals surface area contributed by atoms with Crippen LogP contribution in [0, 0.1) is 0 Å². The lowest BCUT2D eigenvalue weighted by atomic mass is 10.1. The maximum atomic E-state index is 9.84. The van der Waals surface area contributed by atoms with E-state index in [4.69, 9.17) is 9.47 Å². The Morgan fingerprint density at radius 3 is 3.06 bits per heavy atom. The van der Waals surface area contributed by atoms with E-state index in [1.807, 2.05) is 18.2 Å². The number of aliphatic hydroxyl groups excluding tert-OH is 1. The molecule has 3 heteroatoms. The summed E-state index contributed by atoms with van der Waals surface area (Å²) < 4.78 is 11.6. The largest absolute Gasteiger partial charge is 0.491 e. The maximum Gasteiger partial charge on any atom is 0.122 e. The Bertz CT molecular complexity index is 410. The average molecular weight is 248 g/mol. The molecular formula is C15H20O3. The summed E-state index contributed by atoms with van der Waals surface area (Å²) in [5, 5.41) is 9.84. The first-order valence-electron chi connectivity index (χ1n) is 6.89. The fourth-order valence-corrected chi connectivity index (χ4v) is 2.86. The Hall–Kier alpha value is -1.06. The Balaban J connectivity index is 1.66. The van der Waals surface area contributed by atoms with E-state index in [-0.39, 0.29) is 12.2 Å². The number of fused-ring (bicyclic) bond motifs is 1. The second-order valence-electron chi connectivity index (χ2n) is 5.18. The van der Waals surface area contributed by atoms with Crippen LogP contribution in [-0.2, 0) is 11.2 Å². The molecule has 3 nitrogen and oxygen atoms in total. The molecule has 2 unspecified atom stereocenters. The van der Waals surface area contributed by atoms with Crippen LogP contribution in [0.3, 0.4) is 0 Å². The monoisotopic (exact) mass is 248 g/mol. The normalized spacial score (nSPS) is 26.9. The molecule has 2 atom stereocenters. The third-order valence-corrected chi connectivity index (χ3v) is 3.89. The van der Waals surface area contributed by atoms with Crippen LogP contribution in [-0.4, -0.2) is 24.4 Å². The molecule has 0 radical (unpaired) electrons. The zero-order chi connectivity index (χ0) is 12.4. The highest BCUT2D eigenvalue weighted by Crippen LogP contribution is 2.36. The van der Waals surface area contributed by atoms with E-state index >= 15 is 0 Å². The van der Waals surface area contributed by atoms with Gasteiger partial charge in [-0.05, 0) is 43.7 Å². The molecule has 0 bridgehead atoms. The summed E-state index contributed by atoms with van der Waals surface area (Å²) in [5.41, 5.74) is 2.22. The second kappa shape index (κ2) is 5.29. The molecule has 18 heavy (non-hydrogen) atoms. The summed E-state index contributed by atoms with van der Waals surface area (Å²) in [7, 11) is 0. The molecule has 1 aromatic rings. The van der Waals surface area contributed by atoms with Gasteiger partial charge in [0.25, 0.3) is 0 Å². The van der Waals surface area contributed by atoms with Crippen molar-refractivity contribution in [3.63, 3.8) is 0 Å². The maximum absolute atomic E-state index is 9.84. The molecule has 2 aliphatic rings. The van der Waals surface area contributed by atoms with Crippen molar-refractivity contribution in [2.45, 2.75) is 44.3 Å². The molecule has 1 heterocycles. The number of hydrogen-bond acceptors (Lipinski definition) is 3. The molecule has 0 saturated carbocycles. The van der Waals surface area contributed by atoms with Crippen molar-refractivity contribution in [3.8, 4) is 5.75 Å². The number of aliphatic hydroxyl groups is 1. The average Bonchev–Trinajstić information content (AvgIpc) is 2.80. The van der Waals surface area contributed by atoms with E-state index in [1.54, 1.807) is 0 Å². The summed E-state index contributed by atoms with van der Waals surface area (Å²) in [6.07, 6.45) is 5.16. The first kappa shape index (κ1) is 12.0. The highest BCUT2D eigenvalue weighted by Gasteiger charge is 2.23. The summed E-state index contributed by atoms with van der Waals surface area (Å²) in [4.78, 5) is 0. The molecule has 1 saturated heterocycles. The Morgan fingerprint density at radius 1 is 1.28 bits per heavy atom. The van der Waals surface area contributed by atoms with Crippen LogP contribution >= 0.6 is 0 Å². The summed E-state index contributed by atoms with van der Waals surface area (Å²) in [5.74, 6) is 0.929. The van der Waals surface area contributed by atoms with E-state index in [1.165, 1.54) is 18.4 Å². The van der Waals surface area contributed by atoms with E-state index in [0.29, 0.717) is 6.61 Å². The van der Waals surface area contributed by atoms with E-state index in [9.17, 15) is 5.11 Å².